The first kappa shape index (κ1) is 40.0. The van der Waals surface area contributed by atoms with Crippen LogP contribution in [0.25, 0.3) is 0 Å². The Morgan fingerprint density at radius 3 is 1.17 bits per heavy atom. The molecular weight excluding hydrogens is 649 g/mol. The minimum atomic E-state index is -4.19. The molecule has 0 aromatic heterocycles. The van der Waals surface area contributed by atoms with Gasteiger partial charge in [0.25, 0.3) is 0 Å². The smallest absolute Gasteiger partial charge is 0.241 e. The van der Waals surface area contributed by atoms with Crippen LogP contribution in [-0.4, -0.2) is 90.6 Å². The van der Waals surface area contributed by atoms with Crippen LogP contribution in [0.5, 0.6) is 0 Å². The van der Waals surface area contributed by atoms with Crippen LogP contribution in [0, 0.1) is 0 Å². The zero-order valence-corrected chi connectivity index (χ0v) is 31.0. The van der Waals surface area contributed by atoms with Crippen molar-refractivity contribution in [1.29, 1.82) is 0 Å². The fourth-order valence-corrected chi connectivity index (χ4v) is 8.59. The van der Waals surface area contributed by atoms with Crippen LogP contribution in [-0.2, 0) is 20.0 Å². The highest BCUT2D eigenvalue weighted by atomic mass is 32.2. The summed E-state index contributed by atoms with van der Waals surface area (Å²) in [5.41, 5.74) is -0.690. The van der Waals surface area contributed by atoms with Gasteiger partial charge >= 0.3 is 0 Å². The first-order chi connectivity index (χ1) is 23.0. The Morgan fingerprint density at radius 2 is 0.833 bits per heavy atom. The molecule has 2 N–H and O–H groups in total. The fourth-order valence-electron chi connectivity index (χ4n) is 6.00. The molecule has 1 aliphatic carbocycles. The number of carbonyl (C=O) groups is 2. The third-order valence-electron chi connectivity index (χ3n) is 8.77. The first-order valence-corrected chi connectivity index (χ1v) is 20.8. The number of ketones is 2. The Bertz CT molecular complexity index is 1450. The lowest BCUT2D eigenvalue weighted by molar-refractivity contribution is 0.0974. The van der Waals surface area contributed by atoms with E-state index in [1.54, 1.807) is 0 Å². The third-order valence-corrected chi connectivity index (χ3v) is 11.8. The zero-order valence-electron chi connectivity index (χ0n) is 29.4. The molecule has 0 saturated heterocycles. The Labute approximate surface area is 289 Å². The largest absolute Gasteiger partial charge is 0.303 e. The molecule has 12 heteroatoms. The van der Waals surface area contributed by atoms with E-state index in [-0.39, 0.29) is 45.1 Å². The van der Waals surface area contributed by atoms with E-state index in [2.05, 4.69) is 46.9 Å². The Balaban J connectivity index is 1.79. The molecule has 0 spiro atoms. The molecule has 0 unspecified atom stereocenters. The summed E-state index contributed by atoms with van der Waals surface area (Å²) in [4.78, 5) is 31.8. The summed E-state index contributed by atoms with van der Waals surface area (Å²) >= 11 is 0. The van der Waals surface area contributed by atoms with Crippen molar-refractivity contribution in [2.75, 3.05) is 52.4 Å². The maximum absolute atomic E-state index is 14.1. The number of nitrogens with zero attached hydrogens (tertiary/aromatic N) is 2. The van der Waals surface area contributed by atoms with Crippen LogP contribution in [0.1, 0.15) is 124 Å². The Morgan fingerprint density at radius 1 is 0.500 bits per heavy atom. The van der Waals surface area contributed by atoms with E-state index in [1.807, 2.05) is 0 Å². The average Bonchev–Trinajstić information content (AvgIpc) is 3.08. The molecule has 0 heterocycles. The molecule has 0 amide bonds. The quantitative estimate of drug-likeness (QED) is 0.115. The summed E-state index contributed by atoms with van der Waals surface area (Å²) in [5, 5.41) is 0. The Kier molecular flexibility index (Phi) is 16.3. The lowest BCUT2D eigenvalue weighted by Gasteiger charge is -2.23. The van der Waals surface area contributed by atoms with Crippen molar-refractivity contribution in [3.8, 4) is 0 Å². The molecule has 0 saturated carbocycles. The van der Waals surface area contributed by atoms with Crippen molar-refractivity contribution in [1.82, 2.24) is 19.2 Å². The lowest BCUT2D eigenvalue weighted by atomic mass is 9.84. The van der Waals surface area contributed by atoms with E-state index >= 15 is 0 Å². The molecule has 0 fully saturated rings. The molecule has 0 atom stereocenters. The highest BCUT2D eigenvalue weighted by molar-refractivity contribution is 7.90. The minimum Gasteiger partial charge on any atom is -0.303 e. The molecule has 2 aromatic carbocycles. The standard InChI is InChI=1S/C36H56N4O6S2/c1-5-9-23-39(24-10-6-2)27-15-21-37-47(43,44)31-19-13-17-29-33(31)36(42)34-30(35(29)41)18-14-20-32(34)48(45,46)38-22-16-28-40(25-11-7-3)26-12-8-4/h13-14,17-20,37-38H,5-12,15-16,21-28H2,1-4H3. The van der Waals surface area contributed by atoms with Gasteiger partial charge in [-0.3, -0.25) is 9.59 Å². The minimum absolute atomic E-state index is 0.0533. The van der Waals surface area contributed by atoms with Crippen molar-refractivity contribution in [2.24, 2.45) is 0 Å². The summed E-state index contributed by atoms with van der Waals surface area (Å²) in [6.07, 6.45) is 9.81. The summed E-state index contributed by atoms with van der Waals surface area (Å²) < 4.78 is 59.5. The van der Waals surface area contributed by atoms with Gasteiger partial charge in [-0.15, -0.1) is 0 Å². The van der Waals surface area contributed by atoms with Crippen molar-refractivity contribution in [3.63, 3.8) is 0 Å². The summed E-state index contributed by atoms with van der Waals surface area (Å²) in [6.45, 7) is 14.2. The molecule has 48 heavy (non-hydrogen) atoms. The van der Waals surface area contributed by atoms with Crippen LogP contribution >= 0.6 is 0 Å². The average molecular weight is 705 g/mol. The molecule has 268 valence electrons. The van der Waals surface area contributed by atoms with Gasteiger partial charge < -0.3 is 9.80 Å². The number of rotatable bonds is 24. The van der Waals surface area contributed by atoms with Crippen molar-refractivity contribution in [2.45, 2.75) is 102 Å². The molecule has 10 nitrogen and oxygen atoms in total. The van der Waals surface area contributed by atoms with Crippen molar-refractivity contribution >= 4 is 31.6 Å². The highest BCUT2D eigenvalue weighted by Crippen LogP contribution is 2.34. The number of nitrogens with one attached hydrogen (secondary N) is 2. The number of hydrogen-bond donors (Lipinski definition) is 2. The van der Waals surface area contributed by atoms with Crippen LogP contribution in [0.3, 0.4) is 0 Å². The van der Waals surface area contributed by atoms with Gasteiger partial charge in [0, 0.05) is 24.2 Å². The van der Waals surface area contributed by atoms with Gasteiger partial charge in [-0.05, 0) is 89.9 Å². The van der Waals surface area contributed by atoms with Gasteiger partial charge in [0.15, 0.2) is 11.6 Å². The van der Waals surface area contributed by atoms with E-state index in [0.717, 1.165) is 90.6 Å². The summed E-state index contributed by atoms with van der Waals surface area (Å²) in [7, 11) is -8.38. The maximum atomic E-state index is 14.1. The zero-order chi connectivity index (χ0) is 35.2. The second-order valence-electron chi connectivity index (χ2n) is 12.6. The summed E-state index contributed by atoms with van der Waals surface area (Å²) in [6, 6.07) is 8.30. The second kappa shape index (κ2) is 19.6. The van der Waals surface area contributed by atoms with Crippen LogP contribution in [0.4, 0.5) is 0 Å². The second-order valence-corrected chi connectivity index (χ2v) is 16.1. The van der Waals surface area contributed by atoms with Crippen LogP contribution < -0.4 is 9.44 Å². The van der Waals surface area contributed by atoms with Gasteiger partial charge in [-0.1, -0.05) is 77.6 Å². The van der Waals surface area contributed by atoms with Crippen LogP contribution in [0.15, 0.2) is 46.2 Å². The number of carbonyl (C=O) groups excluding carboxylic acids is 2. The molecule has 3 rings (SSSR count). The van der Waals surface area contributed by atoms with Crippen molar-refractivity contribution in [3.05, 3.63) is 58.7 Å². The fraction of sp³-hybridized carbons (Fsp3) is 0.611. The molecule has 0 radical (unpaired) electrons. The number of hydrogen-bond acceptors (Lipinski definition) is 8. The van der Waals surface area contributed by atoms with E-state index in [4.69, 9.17) is 0 Å². The van der Waals surface area contributed by atoms with Crippen molar-refractivity contribution < 1.29 is 26.4 Å². The number of benzene rings is 2. The summed E-state index contributed by atoms with van der Waals surface area (Å²) in [5.74, 6) is -1.38. The predicted molar refractivity (Wildman–Crippen MR) is 192 cm³/mol. The van der Waals surface area contributed by atoms with E-state index in [0.29, 0.717) is 12.8 Å². The van der Waals surface area contributed by atoms with E-state index < -0.39 is 31.6 Å². The van der Waals surface area contributed by atoms with Gasteiger partial charge in [0.05, 0.1) is 20.9 Å². The van der Waals surface area contributed by atoms with E-state index in [9.17, 15) is 26.4 Å². The highest BCUT2D eigenvalue weighted by Gasteiger charge is 2.38. The van der Waals surface area contributed by atoms with Gasteiger partial charge in [0.1, 0.15) is 0 Å². The molecule has 0 aliphatic heterocycles. The maximum Gasteiger partial charge on any atom is 0.241 e. The predicted octanol–water partition coefficient (Wildman–Crippen LogP) is 5.60. The van der Waals surface area contributed by atoms with Crippen LogP contribution in [0.2, 0.25) is 0 Å². The molecule has 0 bridgehead atoms. The monoisotopic (exact) mass is 704 g/mol. The number of fused-ring (bicyclic) bond motifs is 2. The Hall–Kier alpha value is -2.48. The first-order valence-electron chi connectivity index (χ1n) is 17.8. The third kappa shape index (κ3) is 10.8. The van der Waals surface area contributed by atoms with Gasteiger partial charge in [0.2, 0.25) is 20.0 Å². The normalized spacial score (nSPS) is 13.4. The molecule has 2 aromatic rings. The van der Waals surface area contributed by atoms with Gasteiger partial charge in [-0.2, -0.15) is 0 Å². The SMILES string of the molecule is CCCCN(CCCC)CCCNS(=O)(=O)c1cccc2c1C(=O)c1c(cccc1S(=O)(=O)NCCCN(CCCC)CCCC)C2=O. The topological polar surface area (TPSA) is 133 Å². The van der Waals surface area contributed by atoms with E-state index in [1.165, 1.54) is 36.4 Å². The lowest BCUT2D eigenvalue weighted by Crippen LogP contribution is -2.34. The number of sulfonamides is 2. The molecular formula is C36H56N4O6S2. The van der Waals surface area contributed by atoms with Gasteiger partial charge in [-0.25, -0.2) is 26.3 Å². The number of unbranched alkanes of at least 4 members (excludes halogenated alkanes) is 4. The molecule has 1 aliphatic rings.